The number of nitrogens with zero attached hydrogens (tertiary/aromatic N) is 3. The fourth-order valence-corrected chi connectivity index (χ4v) is 0.404. The molecule has 6 heteroatoms. The van der Waals surface area contributed by atoms with Crippen molar-refractivity contribution in [2.24, 2.45) is 10.8 Å². The van der Waals surface area contributed by atoms with E-state index in [1.165, 1.54) is 0 Å². The molecule has 0 rings (SSSR count). The van der Waals surface area contributed by atoms with E-state index in [9.17, 15) is 4.79 Å². The van der Waals surface area contributed by atoms with Gasteiger partial charge in [0.05, 0.1) is 6.61 Å². The van der Waals surface area contributed by atoms with Gasteiger partial charge in [0.2, 0.25) is 0 Å². The summed E-state index contributed by atoms with van der Waals surface area (Å²) in [5.74, 6) is -0.517. The summed E-state index contributed by atoms with van der Waals surface area (Å²) in [6.07, 6.45) is 0.627. The Labute approximate surface area is 63.9 Å². The van der Waals surface area contributed by atoms with Crippen molar-refractivity contribution >= 4 is 5.97 Å². The molecular weight excluding hydrogens is 148 g/mol. The maximum atomic E-state index is 10.5. The lowest BCUT2D eigenvalue weighted by molar-refractivity contribution is -0.141. The molecule has 0 saturated heterocycles. The molecule has 6 nitrogen and oxygen atoms in total. The zero-order valence-corrected chi connectivity index (χ0v) is 6.06. The molecule has 0 aromatic heterocycles. The van der Waals surface area contributed by atoms with Crippen LogP contribution in [0.5, 0.6) is 0 Å². The molecule has 0 aliphatic heterocycles. The van der Waals surface area contributed by atoms with Gasteiger partial charge in [0.15, 0.2) is 0 Å². The third-order valence-corrected chi connectivity index (χ3v) is 0.875. The van der Waals surface area contributed by atoms with E-state index >= 15 is 0 Å². The summed E-state index contributed by atoms with van der Waals surface area (Å²) >= 11 is 0. The van der Waals surface area contributed by atoms with E-state index in [1.54, 1.807) is 0 Å². The second-order valence-corrected chi connectivity index (χ2v) is 1.75. The van der Waals surface area contributed by atoms with E-state index in [1.807, 2.05) is 0 Å². The van der Waals surface area contributed by atoms with Crippen LogP contribution < -0.4 is 5.73 Å². The Balaban J connectivity index is 3.29. The van der Waals surface area contributed by atoms with Crippen molar-refractivity contribution in [2.75, 3.05) is 19.7 Å². The minimum Gasteiger partial charge on any atom is -0.466 e. The highest BCUT2D eigenvalue weighted by molar-refractivity contribution is 5.71. The van der Waals surface area contributed by atoms with Crippen LogP contribution in [0.15, 0.2) is 5.11 Å². The molecule has 0 amide bonds. The lowest BCUT2D eigenvalue weighted by atomic mass is 10.5. The Morgan fingerprint density at radius 3 is 3.00 bits per heavy atom. The number of esters is 1. The summed E-state index contributed by atoms with van der Waals surface area (Å²) in [5, 5.41) is 3.03. The van der Waals surface area contributed by atoms with Crippen LogP contribution in [-0.2, 0) is 9.53 Å². The third-order valence-electron chi connectivity index (χ3n) is 0.875. The van der Waals surface area contributed by atoms with Crippen molar-refractivity contribution < 1.29 is 9.53 Å². The van der Waals surface area contributed by atoms with E-state index in [2.05, 4.69) is 14.8 Å². The average Bonchev–Trinajstić information content (AvgIpc) is 2.01. The molecule has 0 saturated carbocycles. The minimum atomic E-state index is -0.517. The van der Waals surface area contributed by atoms with Gasteiger partial charge in [0, 0.05) is 4.91 Å². The second-order valence-electron chi connectivity index (χ2n) is 1.75. The van der Waals surface area contributed by atoms with Crippen molar-refractivity contribution in [1.82, 2.24) is 0 Å². The van der Waals surface area contributed by atoms with Crippen LogP contribution in [-0.4, -0.2) is 25.7 Å². The molecule has 0 aromatic rings. The first-order valence-electron chi connectivity index (χ1n) is 3.17. The van der Waals surface area contributed by atoms with Crippen molar-refractivity contribution in [3.8, 4) is 0 Å². The van der Waals surface area contributed by atoms with Crippen LogP contribution in [0.4, 0.5) is 0 Å². The number of hydrogen-bond donors (Lipinski definition) is 1. The number of rotatable bonds is 5. The van der Waals surface area contributed by atoms with Crippen molar-refractivity contribution in [3.05, 3.63) is 10.4 Å². The Kier molecular flexibility index (Phi) is 6.07. The molecule has 0 bridgehead atoms. The first-order chi connectivity index (χ1) is 5.31. The normalized spacial score (nSPS) is 8.45. The van der Waals surface area contributed by atoms with Gasteiger partial charge in [-0.15, -0.1) is 0 Å². The van der Waals surface area contributed by atoms with Gasteiger partial charge in [-0.3, -0.25) is 4.79 Å². The predicted octanol–water partition coefficient (Wildman–Crippen LogP) is 0.189. The molecule has 0 spiro atoms. The summed E-state index contributed by atoms with van der Waals surface area (Å²) in [5.41, 5.74) is 13.0. The number of nitrogens with two attached hydrogens (primary N) is 1. The highest BCUT2D eigenvalue weighted by Crippen LogP contribution is 1.83. The lowest BCUT2D eigenvalue weighted by Crippen LogP contribution is -2.11. The quantitative estimate of drug-likeness (QED) is 0.203. The van der Waals surface area contributed by atoms with Gasteiger partial charge < -0.3 is 10.5 Å². The van der Waals surface area contributed by atoms with E-state index in [4.69, 9.17) is 11.3 Å². The molecule has 0 aromatic carbocycles. The van der Waals surface area contributed by atoms with Crippen LogP contribution in [0, 0.1) is 0 Å². The third kappa shape index (κ3) is 6.63. The number of azide groups is 1. The number of carbonyl (C=O) groups is 1. The van der Waals surface area contributed by atoms with Crippen molar-refractivity contribution in [3.63, 3.8) is 0 Å². The van der Waals surface area contributed by atoms with E-state index in [-0.39, 0.29) is 13.2 Å². The van der Waals surface area contributed by atoms with Crippen molar-refractivity contribution in [1.29, 1.82) is 0 Å². The summed E-state index contributed by atoms with van der Waals surface area (Å²) in [6.45, 7) is 0.520. The molecular formula is C5H10N4O2. The van der Waals surface area contributed by atoms with Gasteiger partial charge in [-0.05, 0) is 18.5 Å². The topological polar surface area (TPSA) is 101 Å². The summed E-state index contributed by atoms with van der Waals surface area (Å²) in [6, 6.07) is 0. The SMILES string of the molecule is [N-]=[N+]=NCC(=O)OCCCN. The predicted molar refractivity (Wildman–Crippen MR) is 38.6 cm³/mol. The monoisotopic (exact) mass is 158 g/mol. The highest BCUT2D eigenvalue weighted by atomic mass is 16.5. The van der Waals surface area contributed by atoms with Crippen LogP contribution in [0.1, 0.15) is 6.42 Å². The molecule has 0 aliphatic rings. The minimum absolute atomic E-state index is 0.249. The van der Waals surface area contributed by atoms with E-state index in [0.29, 0.717) is 13.0 Å². The molecule has 0 radical (unpaired) electrons. The first kappa shape index (κ1) is 9.74. The van der Waals surface area contributed by atoms with Gasteiger partial charge in [0.1, 0.15) is 6.54 Å². The number of carbonyl (C=O) groups excluding carboxylic acids is 1. The first-order valence-corrected chi connectivity index (χ1v) is 3.17. The van der Waals surface area contributed by atoms with Crippen LogP contribution in [0.3, 0.4) is 0 Å². The largest absolute Gasteiger partial charge is 0.466 e. The smallest absolute Gasteiger partial charge is 0.311 e. The summed E-state index contributed by atoms with van der Waals surface area (Å²) < 4.78 is 4.60. The zero-order chi connectivity index (χ0) is 8.53. The van der Waals surface area contributed by atoms with E-state index in [0.717, 1.165) is 0 Å². The Morgan fingerprint density at radius 1 is 1.73 bits per heavy atom. The molecule has 0 atom stereocenters. The standard InChI is InChI=1S/C5H10N4O2/c6-2-1-3-11-5(10)4-8-9-7/h1-4,6H2. The molecule has 62 valence electrons. The zero-order valence-electron chi connectivity index (χ0n) is 6.06. The maximum Gasteiger partial charge on any atom is 0.311 e. The maximum absolute atomic E-state index is 10.5. The summed E-state index contributed by atoms with van der Waals surface area (Å²) in [4.78, 5) is 13.0. The fraction of sp³-hybridized carbons (Fsp3) is 0.800. The number of ether oxygens (including phenoxy) is 1. The van der Waals surface area contributed by atoms with Gasteiger partial charge in [0.25, 0.3) is 0 Å². The van der Waals surface area contributed by atoms with Gasteiger partial charge in [-0.25, -0.2) is 0 Å². The van der Waals surface area contributed by atoms with Crippen LogP contribution in [0.25, 0.3) is 10.4 Å². The van der Waals surface area contributed by atoms with Crippen LogP contribution in [0.2, 0.25) is 0 Å². The molecule has 2 N–H and O–H groups in total. The molecule has 11 heavy (non-hydrogen) atoms. The van der Waals surface area contributed by atoms with Gasteiger partial charge >= 0.3 is 5.97 Å². The summed E-state index contributed by atoms with van der Waals surface area (Å²) in [7, 11) is 0. The van der Waals surface area contributed by atoms with Crippen LogP contribution >= 0.6 is 0 Å². The second kappa shape index (κ2) is 6.85. The lowest BCUT2D eigenvalue weighted by Gasteiger charge is -1.99. The molecule has 0 aliphatic carbocycles. The fourth-order valence-electron chi connectivity index (χ4n) is 0.404. The molecule has 0 fully saturated rings. The van der Waals surface area contributed by atoms with E-state index < -0.39 is 5.97 Å². The average molecular weight is 158 g/mol. The Morgan fingerprint density at radius 2 is 2.45 bits per heavy atom. The molecule has 0 heterocycles. The molecule has 0 unspecified atom stereocenters. The highest BCUT2D eigenvalue weighted by Gasteiger charge is 1.97. The number of hydrogen-bond acceptors (Lipinski definition) is 4. The Bertz CT molecular complexity index is 164. The van der Waals surface area contributed by atoms with Gasteiger partial charge in [-0.1, -0.05) is 5.11 Å². The van der Waals surface area contributed by atoms with Crippen molar-refractivity contribution in [2.45, 2.75) is 6.42 Å². The Hall–Kier alpha value is -1.26. The van der Waals surface area contributed by atoms with Gasteiger partial charge in [-0.2, -0.15) is 0 Å².